The molecule has 3 N–H and O–H groups in total. The summed E-state index contributed by atoms with van der Waals surface area (Å²) in [4.78, 5) is 12.2. The van der Waals surface area contributed by atoms with E-state index in [1.54, 1.807) is 13.0 Å². The number of hydrogen-bond donors (Lipinski definition) is 2. The molecular weight excluding hydrogens is 337 g/mol. The normalized spacial score (nSPS) is 16.8. The summed E-state index contributed by atoms with van der Waals surface area (Å²) in [5, 5.41) is 7.82. The Morgan fingerprint density at radius 3 is 2.62 bits per heavy atom. The van der Waals surface area contributed by atoms with Crippen LogP contribution < -0.4 is 15.2 Å². The molecule has 7 nitrogen and oxygen atoms in total. The summed E-state index contributed by atoms with van der Waals surface area (Å²) in [6, 6.07) is 4.55. The zero-order chi connectivity index (χ0) is 17.7. The first-order valence-electron chi connectivity index (χ1n) is 7.78. The molecule has 0 saturated carbocycles. The maximum atomic E-state index is 13.8. The Bertz CT molecular complexity index is 688. The second-order valence-electron chi connectivity index (χ2n) is 5.63. The number of carbonyl (C=O) groups excluding carboxylic acids is 1. The van der Waals surface area contributed by atoms with Crippen LogP contribution in [0.5, 0.6) is 5.75 Å². The maximum absolute atomic E-state index is 13.8. The van der Waals surface area contributed by atoms with Crippen LogP contribution in [-0.2, 0) is 21.5 Å². The quantitative estimate of drug-likeness (QED) is 0.783. The number of amides is 1. The number of ether oxygens (including phenoxy) is 1. The first kappa shape index (κ1) is 18.6. The van der Waals surface area contributed by atoms with E-state index in [0.717, 1.165) is 0 Å². The van der Waals surface area contributed by atoms with E-state index in [9.17, 15) is 17.6 Å². The minimum absolute atomic E-state index is 0.168. The van der Waals surface area contributed by atoms with Crippen molar-refractivity contribution in [2.45, 2.75) is 26.3 Å². The monoisotopic (exact) mass is 359 g/mol. The van der Waals surface area contributed by atoms with Crippen LogP contribution in [0.1, 0.15) is 25.3 Å². The van der Waals surface area contributed by atoms with Crippen LogP contribution in [0.15, 0.2) is 18.2 Å². The molecule has 0 bridgehead atoms. The van der Waals surface area contributed by atoms with Crippen LogP contribution in [-0.4, -0.2) is 38.3 Å². The molecule has 1 aliphatic heterocycles. The molecule has 2 rings (SSSR count). The molecule has 0 spiro atoms. The van der Waals surface area contributed by atoms with Gasteiger partial charge in [0.15, 0.2) is 11.6 Å². The molecule has 0 atom stereocenters. The van der Waals surface area contributed by atoms with Crippen molar-refractivity contribution in [2.24, 2.45) is 11.1 Å². The number of nitrogens with zero attached hydrogens (tertiary/aromatic N) is 1. The van der Waals surface area contributed by atoms with Crippen molar-refractivity contribution in [1.29, 1.82) is 0 Å². The molecule has 1 fully saturated rings. The van der Waals surface area contributed by atoms with Gasteiger partial charge in [0.2, 0.25) is 5.91 Å². The van der Waals surface area contributed by atoms with E-state index in [1.165, 1.54) is 16.4 Å². The Hall–Kier alpha value is -1.71. The van der Waals surface area contributed by atoms with E-state index in [1.807, 2.05) is 0 Å². The highest BCUT2D eigenvalue weighted by molar-refractivity contribution is 7.86. The maximum Gasteiger partial charge on any atom is 0.276 e. The number of hydrogen-bond acceptors (Lipinski definition) is 4. The number of benzene rings is 1. The molecule has 1 heterocycles. The second kappa shape index (κ2) is 7.91. The van der Waals surface area contributed by atoms with Gasteiger partial charge in [0.25, 0.3) is 10.2 Å². The lowest BCUT2D eigenvalue weighted by Crippen LogP contribution is -2.45. The molecule has 24 heavy (non-hydrogen) atoms. The molecule has 1 saturated heterocycles. The number of halogens is 1. The average Bonchev–Trinajstić information content (AvgIpc) is 2.54. The molecule has 1 aromatic rings. The lowest BCUT2D eigenvalue weighted by atomic mass is 9.97. The largest absolute Gasteiger partial charge is 0.491 e. The molecule has 1 aromatic carbocycles. The predicted octanol–water partition coefficient (Wildman–Crippen LogP) is 0.756. The average molecular weight is 359 g/mol. The second-order valence-corrected chi connectivity index (χ2v) is 7.18. The van der Waals surface area contributed by atoms with Crippen molar-refractivity contribution in [3.63, 3.8) is 0 Å². The Kier molecular flexibility index (Phi) is 6.14. The van der Waals surface area contributed by atoms with Gasteiger partial charge in [0, 0.05) is 25.6 Å². The van der Waals surface area contributed by atoms with E-state index >= 15 is 0 Å². The van der Waals surface area contributed by atoms with Crippen molar-refractivity contribution in [3.8, 4) is 5.75 Å². The third-order valence-electron chi connectivity index (χ3n) is 3.95. The number of piperidine rings is 1. The van der Waals surface area contributed by atoms with Gasteiger partial charge < -0.3 is 10.1 Å². The van der Waals surface area contributed by atoms with Gasteiger partial charge in [-0.3, -0.25) is 4.79 Å². The van der Waals surface area contributed by atoms with Crippen molar-refractivity contribution < 1.29 is 22.3 Å². The van der Waals surface area contributed by atoms with E-state index in [-0.39, 0.29) is 37.2 Å². The molecule has 9 heteroatoms. The molecule has 0 aromatic heterocycles. The summed E-state index contributed by atoms with van der Waals surface area (Å²) in [5.74, 6) is -0.720. The first-order chi connectivity index (χ1) is 11.3. The van der Waals surface area contributed by atoms with E-state index in [4.69, 9.17) is 9.88 Å². The van der Waals surface area contributed by atoms with Gasteiger partial charge in [0.05, 0.1) is 6.61 Å². The Morgan fingerprint density at radius 1 is 1.42 bits per heavy atom. The van der Waals surface area contributed by atoms with Gasteiger partial charge >= 0.3 is 0 Å². The zero-order valence-electron chi connectivity index (χ0n) is 13.5. The van der Waals surface area contributed by atoms with Gasteiger partial charge in [-0.05, 0) is 37.5 Å². The highest BCUT2D eigenvalue weighted by Crippen LogP contribution is 2.20. The third-order valence-corrected chi connectivity index (χ3v) is 5.03. The summed E-state index contributed by atoms with van der Waals surface area (Å²) >= 11 is 0. The number of nitrogens with two attached hydrogens (primary N) is 1. The Morgan fingerprint density at radius 2 is 2.08 bits per heavy atom. The van der Waals surface area contributed by atoms with Crippen LogP contribution in [0.4, 0.5) is 4.39 Å². The first-order valence-corrected chi connectivity index (χ1v) is 9.28. The van der Waals surface area contributed by atoms with Crippen LogP contribution in [0.25, 0.3) is 0 Å². The van der Waals surface area contributed by atoms with Crippen LogP contribution in [0.2, 0.25) is 0 Å². The Balaban J connectivity index is 1.85. The van der Waals surface area contributed by atoms with Crippen molar-refractivity contribution >= 4 is 16.1 Å². The lowest BCUT2D eigenvalue weighted by Gasteiger charge is -2.29. The lowest BCUT2D eigenvalue weighted by molar-refractivity contribution is -0.126. The SMILES string of the molecule is CCOc1ccc(CNC(=O)C2CCN(S(N)(=O)=O)CC2)cc1F. The minimum atomic E-state index is -3.70. The molecule has 0 unspecified atom stereocenters. The summed E-state index contributed by atoms with van der Waals surface area (Å²) in [6.45, 7) is 2.82. The smallest absolute Gasteiger partial charge is 0.276 e. The van der Waals surface area contributed by atoms with Crippen molar-refractivity contribution in [3.05, 3.63) is 29.6 Å². The molecule has 0 radical (unpaired) electrons. The summed E-state index contributed by atoms with van der Waals surface area (Å²) in [5.41, 5.74) is 0.631. The van der Waals surface area contributed by atoms with Gasteiger partial charge in [-0.2, -0.15) is 12.7 Å². The van der Waals surface area contributed by atoms with Gasteiger partial charge in [-0.1, -0.05) is 6.07 Å². The van der Waals surface area contributed by atoms with Gasteiger partial charge in [0.1, 0.15) is 0 Å². The highest BCUT2D eigenvalue weighted by Gasteiger charge is 2.29. The Labute approximate surface area is 141 Å². The summed E-state index contributed by atoms with van der Waals surface area (Å²) < 4.78 is 42.5. The molecule has 1 aliphatic rings. The van der Waals surface area contributed by atoms with E-state index in [0.29, 0.717) is 25.0 Å². The molecule has 1 amide bonds. The zero-order valence-corrected chi connectivity index (χ0v) is 14.3. The van der Waals surface area contributed by atoms with Gasteiger partial charge in [-0.25, -0.2) is 9.53 Å². The number of nitrogens with one attached hydrogen (secondary N) is 1. The third kappa shape index (κ3) is 4.89. The van der Waals surface area contributed by atoms with Gasteiger partial charge in [-0.15, -0.1) is 0 Å². The fourth-order valence-electron chi connectivity index (χ4n) is 2.63. The standard InChI is InChI=1S/C15H22FN3O4S/c1-2-23-14-4-3-11(9-13(14)16)10-18-15(20)12-5-7-19(8-6-12)24(17,21)22/h3-4,9,12H,2,5-8,10H2,1H3,(H,18,20)(H2,17,21,22). The fraction of sp³-hybridized carbons (Fsp3) is 0.533. The molecule has 134 valence electrons. The topological polar surface area (TPSA) is 102 Å². The fourth-order valence-corrected chi connectivity index (χ4v) is 3.35. The van der Waals surface area contributed by atoms with Crippen molar-refractivity contribution in [2.75, 3.05) is 19.7 Å². The van der Waals surface area contributed by atoms with Crippen LogP contribution in [0, 0.1) is 11.7 Å². The highest BCUT2D eigenvalue weighted by atomic mass is 32.2. The van der Waals surface area contributed by atoms with Crippen molar-refractivity contribution in [1.82, 2.24) is 9.62 Å². The van der Waals surface area contributed by atoms with E-state index < -0.39 is 16.0 Å². The summed E-state index contributed by atoms with van der Waals surface area (Å²) in [7, 11) is -3.70. The molecule has 0 aliphatic carbocycles. The number of rotatable bonds is 6. The summed E-state index contributed by atoms with van der Waals surface area (Å²) in [6.07, 6.45) is 0.833. The molecular formula is C15H22FN3O4S. The predicted molar refractivity (Wildman–Crippen MR) is 86.8 cm³/mol. The minimum Gasteiger partial charge on any atom is -0.491 e. The van der Waals surface area contributed by atoms with Crippen LogP contribution in [0.3, 0.4) is 0 Å². The number of carbonyl (C=O) groups is 1. The van der Waals surface area contributed by atoms with Crippen LogP contribution >= 0.6 is 0 Å². The van der Waals surface area contributed by atoms with E-state index in [2.05, 4.69) is 5.32 Å².